The van der Waals surface area contributed by atoms with Crippen molar-refractivity contribution >= 4 is 33.6 Å². The minimum atomic E-state index is 0.947. The molecule has 1 N–H and O–H groups in total. The topological polar surface area (TPSA) is 28.7 Å². The Labute approximate surface area is 113 Å². The SMILES string of the molecule is Ic1ccc(Cc2c[nH]c3ncccc23)cc1. The van der Waals surface area contributed by atoms with E-state index in [-0.39, 0.29) is 0 Å². The molecule has 3 rings (SSSR count). The van der Waals surface area contributed by atoms with Gasteiger partial charge in [-0.15, -0.1) is 0 Å². The highest BCUT2D eigenvalue weighted by atomic mass is 127. The largest absolute Gasteiger partial charge is 0.346 e. The highest BCUT2D eigenvalue weighted by Crippen LogP contribution is 2.19. The highest BCUT2D eigenvalue weighted by Gasteiger charge is 2.04. The lowest BCUT2D eigenvalue weighted by Gasteiger charge is -2.00. The summed E-state index contributed by atoms with van der Waals surface area (Å²) in [4.78, 5) is 7.51. The Morgan fingerprint density at radius 2 is 1.94 bits per heavy atom. The lowest BCUT2D eigenvalue weighted by atomic mass is 10.1. The Morgan fingerprint density at radius 3 is 2.76 bits per heavy atom. The number of nitrogens with one attached hydrogen (secondary N) is 1. The van der Waals surface area contributed by atoms with E-state index >= 15 is 0 Å². The van der Waals surface area contributed by atoms with Gasteiger partial charge >= 0.3 is 0 Å². The molecule has 0 radical (unpaired) electrons. The molecule has 0 saturated carbocycles. The average Bonchev–Trinajstić information content (AvgIpc) is 2.76. The van der Waals surface area contributed by atoms with E-state index in [2.05, 4.69) is 69.1 Å². The summed E-state index contributed by atoms with van der Waals surface area (Å²) < 4.78 is 1.27. The standard InChI is InChI=1S/C14H11IN2/c15-12-5-3-10(4-6-12)8-11-9-17-14-13(11)2-1-7-16-14/h1-7,9H,8H2,(H,16,17). The van der Waals surface area contributed by atoms with E-state index < -0.39 is 0 Å². The number of H-pyrrole nitrogens is 1. The summed E-state index contributed by atoms with van der Waals surface area (Å²) in [5, 5.41) is 1.21. The van der Waals surface area contributed by atoms with Crippen LogP contribution in [0.2, 0.25) is 0 Å². The first kappa shape index (κ1) is 10.8. The molecular weight excluding hydrogens is 323 g/mol. The van der Waals surface area contributed by atoms with Gasteiger partial charge in [-0.1, -0.05) is 12.1 Å². The number of hydrogen-bond acceptors (Lipinski definition) is 1. The van der Waals surface area contributed by atoms with Gasteiger partial charge < -0.3 is 4.98 Å². The van der Waals surface area contributed by atoms with Crippen molar-refractivity contribution in [3.8, 4) is 0 Å². The van der Waals surface area contributed by atoms with Crippen molar-refractivity contribution in [2.75, 3.05) is 0 Å². The van der Waals surface area contributed by atoms with Crippen LogP contribution in [0.15, 0.2) is 48.8 Å². The maximum atomic E-state index is 4.30. The summed E-state index contributed by atoms with van der Waals surface area (Å²) in [7, 11) is 0. The molecular formula is C14H11IN2. The molecule has 3 heteroatoms. The molecule has 2 heterocycles. The smallest absolute Gasteiger partial charge is 0.137 e. The van der Waals surface area contributed by atoms with E-state index in [1.54, 1.807) is 0 Å². The molecule has 17 heavy (non-hydrogen) atoms. The van der Waals surface area contributed by atoms with Crippen LogP contribution in [0.3, 0.4) is 0 Å². The van der Waals surface area contributed by atoms with E-state index in [1.807, 2.05) is 12.3 Å². The van der Waals surface area contributed by atoms with Gasteiger partial charge in [0, 0.05) is 21.4 Å². The van der Waals surface area contributed by atoms with Crippen LogP contribution in [0.5, 0.6) is 0 Å². The Balaban J connectivity index is 1.97. The third kappa shape index (κ3) is 2.20. The predicted molar refractivity (Wildman–Crippen MR) is 78.1 cm³/mol. The van der Waals surface area contributed by atoms with Gasteiger partial charge in [0.15, 0.2) is 0 Å². The fourth-order valence-corrected chi connectivity index (χ4v) is 2.34. The number of aromatic amines is 1. The number of nitrogens with zero attached hydrogens (tertiary/aromatic N) is 1. The summed E-state index contributed by atoms with van der Waals surface area (Å²) in [6.45, 7) is 0. The zero-order valence-corrected chi connectivity index (χ0v) is 11.3. The van der Waals surface area contributed by atoms with E-state index in [9.17, 15) is 0 Å². The predicted octanol–water partition coefficient (Wildman–Crippen LogP) is 3.76. The molecule has 0 aliphatic carbocycles. The molecule has 0 saturated heterocycles. The van der Waals surface area contributed by atoms with Gasteiger partial charge in [-0.2, -0.15) is 0 Å². The van der Waals surface area contributed by atoms with Crippen molar-refractivity contribution in [2.24, 2.45) is 0 Å². The highest BCUT2D eigenvalue weighted by molar-refractivity contribution is 14.1. The molecule has 2 aromatic heterocycles. The number of aromatic nitrogens is 2. The second-order valence-electron chi connectivity index (χ2n) is 4.02. The normalized spacial score (nSPS) is 10.9. The van der Waals surface area contributed by atoms with Crippen LogP contribution in [0.1, 0.15) is 11.1 Å². The molecule has 0 unspecified atom stereocenters. The van der Waals surface area contributed by atoms with Crippen LogP contribution in [-0.4, -0.2) is 9.97 Å². The summed E-state index contributed by atoms with van der Waals surface area (Å²) in [5.74, 6) is 0. The van der Waals surface area contributed by atoms with Crippen LogP contribution < -0.4 is 0 Å². The number of hydrogen-bond donors (Lipinski definition) is 1. The van der Waals surface area contributed by atoms with E-state index in [4.69, 9.17) is 0 Å². The van der Waals surface area contributed by atoms with Crippen LogP contribution >= 0.6 is 22.6 Å². The quantitative estimate of drug-likeness (QED) is 0.711. The molecule has 0 aliphatic heterocycles. The van der Waals surface area contributed by atoms with Gasteiger partial charge in [0.2, 0.25) is 0 Å². The first-order chi connectivity index (χ1) is 8.33. The summed E-state index contributed by atoms with van der Waals surface area (Å²) >= 11 is 2.32. The van der Waals surface area contributed by atoms with Crippen molar-refractivity contribution in [3.05, 3.63) is 63.5 Å². The number of rotatable bonds is 2. The van der Waals surface area contributed by atoms with E-state index in [0.717, 1.165) is 12.1 Å². The first-order valence-electron chi connectivity index (χ1n) is 5.48. The van der Waals surface area contributed by atoms with Gasteiger partial charge in [-0.3, -0.25) is 0 Å². The minimum absolute atomic E-state index is 0.947. The zero-order chi connectivity index (χ0) is 11.7. The van der Waals surface area contributed by atoms with E-state index in [1.165, 1.54) is 20.1 Å². The van der Waals surface area contributed by atoms with Crippen molar-refractivity contribution in [1.82, 2.24) is 9.97 Å². The Bertz CT molecular complexity index is 641. The third-order valence-electron chi connectivity index (χ3n) is 2.84. The second-order valence-corrected chi connectivity index (χ2v) is 5.26. The monoisotopic (exact) mass is 334 g/mol. The average molecular weight is 334 g/mol. The lowest BCUT2D eigenvalue weighted by molar-refractivity contribution is 1.20. The molecule has 84 valence electrons. The van der Waals surface area contributed by atoms with Crippen molar-refractivity contribution in [2.45, 2.75) is 6.42 Å². The minimum Gasteiger partial charge on any atom is -0.346 e. The maximum Gasteiger partial charge on any atom is 0.137 e. The van der Waals surface area contributed by atoms with E-state index in [0.29, 0.717) is 0 Å². The number of pyridine rings is 1. The second kappa shape index (κ2) is 4.49. The summed E-state index contributed by atoms with van der Waals surface area (Å²) in [5.41, 5.74) is 3.59. The lowest BCUT2D eigenvalue weighted by Crippen LogP contribution is -1.86. The fraction of sp³-hybridized carbons (Fsp3) is 0.0714. The summed E-state index contributed by atoms with van der Waals surface area (Å²) in [6, 6.07) is 12.7. The van der Waals surface area contributed by atoms with Gasteiger partial charge in [0.05, 0.1) is 0 Å². The van der Waals surface area contributed by atoms with Crippen LogP contribution in [0.4, 0.5) is 0 Å². The molecule has 1 aromatic carbocycles. The van der Waals surface area contributed by atoms with Gasteiger partial charge in [-0.05, 0) is 64.4 Å². The van der Waals surface area contributed by atoms with Crippen LogP contribution in [0, 0.1) is 3.57 Å². The van der Waals surface area contributed by atoms with Gasteiger partial charge in [-0.25, -0.2) is 4.98 Å². The molecule has 0 aliphatic rings. The Hall–Kier alpha value is -1.36. The Kier molecular flexibility index (Phi) is 2.84. The third-order valence-corrected chi connectivity index (χ3v) is 3.56. The first-order valence-corrected chi connectivity index (χ1v) is 6.56. The molecule has 0 amide bonds. The molecule has 0 spiro atoms. The zero-order valence-electron chi connectivity index (χ0n) is 9.15. The number of halogens is 1. The van der Waals surface area contributed by atoms with Crippen LogP contribution in [0.25, 0.3) is 11.0 Å². The molecule has 0 bridgehead atoms. The maximum absolute atomic E-state index is 4.30. The number of benzene rings is 1. The van der Waals surface area contributed by atoms with Crippen molar-refractivity contribution in [1.29, 1.82) is 0 Å². The number of fused-ring (bicyclic) bond motifs is 1. The van der Waals surface area contributed by atoms with Crippen molar-refractivity contribution < 1.29 is 0 Å². The molecule has 3 aromatic rings. The molecule has 2 nitrogen and oxygen atoms in total. The Morgan fingerprint density at radius 1 is 1.12 bits per heavy atom. The summed E-state index contributed by atoms with van der Waals surface area (Å²) in [6.07, 6.45) is 4.81. The van der Waals surface area contributed by atoms with Gasteiger partial charge in [0.25, 0.3) is 0 Å². The van der Waals surface area contributed by atoms with Gasteiger partial charge in [0.1, 0.15) is 5.65 Å². The van der Waals surface area contributed by atoms with Crippen LogP contribution in [-0.2, 0) is 6.42 Å². The van der Waals surface area contributed by atoms with Crippen molar-refractivity contribution in [3.63, 3.8) is 0 Å². The molecule has 0 atom stereocenters. The fourth-order valence-electron chi connectivity index (χ4n) is 1.98. The molecule has 0 fully saturated rings.